The fraction of sp³-hybridized carbons (Fsp3) is 0. The van der Waals surface area contributed by atoms with Crippen LogP contribution in [0.1, 0.15) is 0 Å². The van der Waals surface area contributed by atoms with Gasteiger partial charge in [0.1, 0.15) is 0 Å². The molecule has 108 heavy (non-hydrogen) atoms. The van der Waals surface area contributed by atoms with Gasteiger partial charge >= 0.3 is 0 Å². The lowest BCUT2D eigenvalue weighted by Crippen LogP contribution is -2.64. The summed E-state index contributed by atoms with van der Waals surface area (Å²) in [5, 5.41) is 0. The molecular formula is C102H68B2N4. The van der Waals surface area contributed by atoms with E-state index in [1.807, 2.05) is 0 Å². The van der Waals surface area contributed by atoms with Crippen LogP contribution in [-0.2, 0) is 0 Å². The number of anilines is 12. The minimum Gasteiger partial charge on any atom is -0.312 e. The van der Waals surface area contributed by atoms with E-state index in [-0.39, 0.29) is 13.4 Å². The Morgan fingerprint density at radius 1 is 0.167 bits per heavy atom. The van der Waals surface area contributed by atoms with Crippen LogP contribution in [0.2, 0.25) is 0 Å². The minimum absolute atomic E-state index is 0.261. The topological polar surface area (TPSA) is 13.0 Å². The number of benzene rings is 17. The maximum Gasteiger partial charge on any atom is 0.251 e. The fourth-order valence-corrected chi connectivity index (χ4v) is 17.9. The zero-order valence-corrected chi connectivity index (χ0v) is 59.2. The molecule has 4 nitrogen and oxygen atoms in total. The molecule has 0 aliphatic carbocycles. The summed E-state index contributed by atoms with van der Waals surface area (Å²) < 4.78 is 0. The van der Waals surface area contributed by atoms with Gasteiger partial charge in [-0.25, -0.2) is 0 Å². The lowest BCUT2D eigenvalue weighted by atomic mass is 9.31. The molecule has 502 valence electrons. The van der Waals surface area contributed by atoms with E-state index in [4.69, 9.17) is 0 Å². The Morgan fingerprint density at radius 2 is 0.380 bits per heavy atom. The summed E-state index contributed by atoms with van der Waals surface area (Å²) in [6.45, 7) is -0.523. The zero-order chi connectivity index (χ0) is 71.2. The van der Waals surface area contributed by atoms with Gasteiger partial charge in [-0.05, 0) is 196 Å². The summed E-state index contributed by atoms with van der Waals surface area (Å²) in [6, 6.07) is 154. The summed E-state index contributed by atoms with van der Waals surface area (Å²) in [7, 11) is 0. The maximum absolute atomic E-state index is 2.72. The van der Waals surface area contributed by atoms with E-state index < -0.39 is 0 Å². The Kier molecular flexibility index (Phi) is 15.1. The van der Waals surface area contributed by atoms with Crippen LogP contribution in [0.4, 0.5) is 68.2 Å². The van der Waals surface area contributed by atoms with Crippen molar-refractivity contribution in [1.82, 2.24) is 0 Å². The highest BCUT2D eigenvalue weighted by molar-refractivity contribution is 7.06. The van der Waals surface area contributed by atoms with Gasteiger partial charge in [-0.15, -0.1) is 0 Å². The van der Waals surface area contributed by atoms with Gasteiger partial charge in [-0.1, -0.05) is 339 Å². The lowest BCUT2D eigenvalue weighted by molar-refractivity contribution is 1.19. The second-order valence-corrected chi connectivity index (χ2v) is 28.6. The summed E-state index contributed by atoms with van der Waals surface area (Å²) in [6.07, 6.45) is 0. The second-order valence-electron chi connectivity index (χ2n) is 28.6. The van der Waals surface area contributed by atoms with Crippen LogP contribution in [0.25, 0.3) is 89.0 Å². The van der Waals surface area contributed by atoms with Crippen LogP contribution in [0.15, 0.2) is 413 Å². The molecule has 0 saturated heterocycles. The number of fused-ring (bicyclic) bond motifs is 10. The summed E-state index contributed by atoms with van der Waals surface area (Å²) in [5.41, 5.74) is 39.1. The predicted molar refractivity (Wildman–Crippen MR) is 458 cm³/mol. The molecule has 0 aromatic heterocycles. The van der Waals surface area contributed by atoms with Crippen molar-refractivity contribution in [3.63, 3.8) is 0 Å². The van der Waals surface area contributed by atoms with Crippen LogP contribution in [0.3, 0.4) is 0 Å². The van der Waals surface area contributed by atoms with Crippen LogP contribution in [0, 0.1) is 0 Å². The maximum atomic E-state index is 2.72. The molecule has 17 aromatic carbocycles. The van der Waals surface area contributed by atoms with Gasteiger partial charge in [0.05, 0.1) is 17.1 Å². The third-order valence-electron chi connectivity index (χ3n) is 22.7. The molecule has 21 rings (SSSR count). The highest BCUT2D eigenvalue weighted by Crippen LogP contribution is 2.58. The normalized spacial score (nSPS) is 12.2. The number of hydrogen-bond acceptors (Lipinski definition) is 4. The van der Waals surface area contributed by atoms with Crippen molar-refractivity contribution in [1.29, 1.82) is 0 Å². The van der Waals surface area contributed by atoms with Crippen molar-refractivity contribution in [2.24, 2.45) is 0 Å². The summed E-state index contributed by atoms with van der Waals surface area (Å²) in [5.74, 6) is 0. The third-order valence-corrected chi connectivity index (χ3v) is 22.7. The van der Waals surface area contributed by atoms with E-state index in [1.165, 1.54) is 72.1 Å². The van der Waals surface area contributed by atoms with Crippen molar-refractivity contribution in [2.75, 3.05) is 19.6 Å². The molecule has 6 heteroatoms. The number of hydrogen-bond donors (Lipinski definition) is 0. The van der Waals surface area contributed by atoms with E-state index in [0.717, 1.165) is 118 Å². The molecule has 0 atom stereocenters. The van der Waals surface area contributed by atoms with Crippen molar-refractivity contribution in [3.8, 4) is 89.0 Å². The van der Waals surface area contributed by atoms with Crippen molar-refractivity contribution < 1.29 is 0 Å². The van der Waals surface area contributed by atoms with E-state index in [0.29, 0.717) is 0 Å². The van der Waals surface area contributed by atoms with Gasteiger partial charge in [0.15, 0.2) is 0 Å². The molecule has 4 aliphatic heterocycles. The van der Waals surface area contributed by atoms with E-state index in [2.05, 4.69) is 432 Å². The van der Waals surface area contributed by atoms with E-state index in [1.54, 1.807) is 0 Å². The van der Waals surface area contributed by atoms with Crippen LogP contribution in [0.5, 0.6) is 0 Å². The predicted octanol–water partition coefficient (Wildman–Crippen LogP) is 23.2. The van der Waals surface area contributed by atoms with Gasteiger partial charge < -0.3 is 19.6 Å². The van der Waals surface area contributed by atoms with E-state index in [9.17, 15) is 0 Å². The Labute approximate surface area is 631 Å². The highest BCUT2D eigenvalue weighted by atomic mass is 15.3. The molecule has 0 fully saturated rings. The largest absolute Gasteiger partial charge is 0.312 e. The average molecular weight is 1370 g/mol. The lowest BCUT2D eigenvalue weighted by Gasteiger charge is -2.48. The summed E-state index contributed by atoms with van der Waals surface area (Å²) in [4.78, 5) is 10.7. The monoisotopic (exact) mass is 1370 g/mol. The van der Waals surface area contributed by atoms with Gasteiger partial charge in [-0.2, -0.15) is 0 Å². The molecule has 0 spiro atoms. The zero-order valence-electron chi connectivity index (χ0n) is 59.2. The average Bonchev–Trinajstić information content (AvgIpc) is 1.37. The second kappa shape index (κ2) is 26.0. The van der Waals surface area contributed by atoms with Gasteiger partial charge in [0.25, 0.3) is 13.4 Å². The molecule has 0 N–H and O–H groups in total. The molecule has 0 saturated carbocycles. The van der Waals surface area contributed by atoms with Crippen LogP contribution < -0.4 is 52.4 Å². The number of nitrogens with zero attached hydrogens (tertiary/aromatic N) is 4. The Morgan fingerprint density at radius 3 is 0.639 bits per heavy atom. The van der Waals surface area contributed by atoms with Gasteiger partial charge in [0, 0.05) is 51.2 Å². The Bertz CT molecular complexity index is 5700. The molecule has 17 aromatic rings. The fourth-order valence-electron chi connectivity index (χ4n) is 17.9. The van der Waals surface area contributed by atoms with Crippen LogP contribution >= 0.6 is 0 Å². The van der Waals surface area contributed by atoms with Crippen molar-refractivity contribution in [3.05, 3.63) is 413 Å². The standard InChI is InChI=1S/C102H68B2N4/c1-7-25-69(26-8-1)75-45-57-81(58-46-75)105(82-59-47-76(48-60-82)70-27-9-2-10-28-70)100-97-99-98(104-92-42-22-20-38-88(92)90-40-24-44-94(96(90)104)108(99)93-43-23-39-89-87-37-19-21-41-91(87)103(97)95(89)93)101(106(83-61-49-77(50-62-83)71-29-11-3-12-30-71)84-63-51-78(52-64-84)72-31-13-4-14-32-72)102(100)107(85-65-53-79(54-66-85)73-33-15-5-16-34-73)86-67-55-80(56-68-86)74-35-17-6-18-36-74/h1-68H. The summed E-state index contributed by atoms with van der Waals surface area (Å²) >= 11 is 0. The van der Waals surface area contributed by atoms with E-state index >= 15 is 0 Å². The molecule has 0 amide bonds. The molecule has 0 bridgehead atoms. The SMILES string of the molecule is c1ccc(-c2ccc(N(c3ccc(-c4ccccc4)cc3)c3c4c5c(c(N(c6ccc(-c7ccccc7)cc6)c6ccc(-c7ccccc7)cc6)c3N(c3ccc(-c6ccccc6)cc3)c3ccc(-c6ccccc6)cc3)B3c6ccccc6-c6cccc(c63)N5c3cccc5c3B4c3ccccc3-5)cc2)cc1. The van der Waals surface area contributed by atoms with Crippen LogP contribution in [-0.4, -0.2) is 13.4 Å². The van der Waals surface area contributed by atoms with Gasteiger partial charge in [0.2, 0.25) is 0 Å². The Hall–Kier alpha value is -13.9. The molecule has 0 unspecified atom stereocenters. The first-order chi connectivity index (χ1) is 53.6. The first kappa shape index (κ1) is 62.6. The molecule has 4 aliphatic rings. The third kappa shape index (κ3) is 10.3. The quantitative estimate of drug-likeness (QED) is 0.0949. The highest BCUT2D eigenvalue weighted by Gasteiger charge is 2.54. The van der Waals surface area contributed by atoms with Crippen molar-refractivity contribution >= 4 is 114 Å². The first-order valence-corrected chi connectivity index (χ1v) is 37.5. The Balaban J connectivity index is 0.989. The van der Waals surface area contributed by atoms with Crippen molar-refractivity contribution in [2.45, 2.75) is 0 Å². The molecule has 0 radical (unpaired) electrons. The molecule has 4 heterocycles. The smallest absolute Gasteiger partial charge is 0.251 e. The molecular weight excluding hydrogens is 1300 g/mol. The first-order valence-electron chi connectivity index (χ1n) is 37.5. The van der Waals surface area contributed by atoms with Gasteiger partial charge in [-0.3, -0.25) is 0 Å². The number of rotatable bonds is 15. The minimum atomic E-state index is -0.261.